The van der Waals surface area contributed by atoms with E-state index in [-0.39, 0.29) is 11.2 Å². The summed E-state index contributed by atoms with van der Waals surface area (Å²) >= 11 is 0. The summed E-state index contributed by atoms with van der Waals surface area (Å²) < 4.78 is 0. The zero-order valence-electron chi connectivity index (χ0n) is 7.77. The van der Waals surface area contributed by atoms with Gasteiger partial charge in [0, 0.05) is 5.41 Å². The van der Waals surface area contributed by atoms with Gasteiger partial charge in [-0.15, -0.1) is 0 Å². The van der Waals surface area contributed by atoms with Gasteiger partial charge in [0.25, 0.3) is 0 Å². The molecule has 0 aliphatic carbocycles. The van der Waals surface area contributed by atoms with E-state index in [9.17, 15) is 4.79 Å². The maximum absolute atomic E-state index is 11.3. The van der Waals surface area contributed by atoms with Crippen molar-refractivity contribution >= 4 is 5.78 Å². The van der Waals surface area contributed by atoms with Gasteiger partial charge in [0.1, 0.15) is 0 Å². The highest BCUT2D eigenvalue weighted by Gasteiger charge is 2.18. The van der Waals surface area contributed by atoms with E-state index in [0.29, 0.717) is 0 Å². The number of allylic oxidation sites excluding steroid dienone is 3. The normalized spacial score (nSPS) is 12.9. The molecule has 0 aliphatic heterocycles. The average molecular weight is 152 g/mol. The molecule has 0 spiro atoms. The molecule has 0 aromatic heterocycles. The third-order valence-electron chi connectivity index (χ3n) is 1.42. The lowest BCUT2D eigenvalue weighted by atomic mass is 9.90. The van der Waals surface area contributed by atoms with Crippen LogP contribution >= 0.6 is 0 Å². The van der Waals surface area contributed by atoms with E-state index in [2.05, 4.69) is 6.58 Å². The summed E-state index contributed by atoms with van der Waals surface area (Å²) in [7, 11) is 0. The Morgan fingerprint density at radius 3 is 2.09 bits per heavy atom. The van der Waals surface area contributed by atoms with Crippen molar-refractivity contribution in [3.63, 3.8) is 0 Å². The Morgan fingerprint density at radius 2 is 1.82 bits per heavy atom. The molecule has 0 aromatic carbocycles. The first-order valence-electron chi connectivity index (χ1n) is 3.73. The molecule has 0 saturated carbocycles. The number of carbonyl (C=O) groups is 1. The van der Waals surface area contributed by atoms with Gasteiger partial charge < -0.3 is 0 Å². The van der Waals surface area contributed by atoms with Crippen LogP contribution in [0.2, 0.25) is 0 Å². The predicted molar refractivity (Wildman–Crippen MR) is 48.4 cm³/mol. The monoisotopic (exact) mass is 152 g/mol. The molecule has 1 heteroatoms. The van der Waals surface area contributed by atoms with Crippen molar-refractivity contribution in [1.82, 2.24) is 0 Å². The van der Waals surface area contributed by atoms with E-state index < -0.39 is 0 Å². The molecule has 62 valence electrons. The second-order valence-corrected chi connectivity index (χ2v) is 3.71. The third kappa shape index (κ3) is 3.76. The van der Waals surface area contributed by atoms with Crippen molar-refractivity contribution in [3.05, 3.63) is 24.3 Å². The Hall–Kier alpha value is -0.850. The van der Waals surface area contributed by atoms with Crippen LogP contribution in [0.1, 0.15) is 27.7 Å². The molecule has 0 saturated heterocycles. The number of rotatable bonds is 2. The van der Waals surface area contributed by atoms with Crippen LogP contribution in [0.4, 0.5) is 0 Å². The standard InChI is InChI=1S/C10H16O/c1-6-8(2)7-9(11)10(3,4)5/h6-7H,1H2,2-5H3/b8-7+. The molecular weight excluding hydrogens is 136 g/mol. The van der Waals surface area contributed by atoms with E-state index in [1.165, 1.54) is 0 Å². The molecule has 0 radical (unpaired) electrons. The first-order valence-corrected chi connectivity index (χ1v) is 3.73. The van der Waals surface area contributed by atoms with Crippen molar-refractivity contribution in [3.8, 4) is 0 Å². The summed E-state index contributed by atoms with van der Waals surface area (Å²) in [5, 5.41) is 0. The quantitative estimate of drug-likeness (QED) is 0.439. The predicted octanol–water partition coefficient (Wildman–Crippen LogP) is 2.73. The highest BCUT2D eigenvalue weighted by atomic mass is 16.1. The van der Waals surface area contributed by atoms with Crippen LogP contribution in [0.25, 0.3) is 0 Å². The number of carbonyl (C=O) groups excluding carboxylic acids is 1. The largest absolute Gasteiger partial charge is 0.294 e. The van der Waals surface area contributed by atoms with Crippen molar-refractivity contribution in [2.75, 3.05) is 0 Å². The minimum absolute atomic E-state index is 0.148. The van der Waals surface area contributed by atoms with Crippen LogP contribution in [0.5, 0.6) is 0 Å². The Labute approximate surface area is 68.8 Å². The summed E-state index contributed by atoms with van der Waals surface area (Å²) in [5.41, 5.74) is 0.648. The molecule has 1 nitrogen and oxygen atoms in total. The lowest BCUT2D eigenvalue weighted by molar-refractivity contribution is -0.121. The van der Waals surface area contributed by atoms with Crippen LogP contribution in [-0.4, -0.2) is 5.78 Å². The fourth-order valence-electron chi connectivity index (χ4n) is 0.482. The molecule has 0 N–H and O–H groups in total. The van der Waals surface area contributed by atoms with E-state index >= 15 is 0 Å². The van der Waals surface area contributed by atoms with Crippen molar-refractivity contribution in [2.24, 2.45) is 5.41 Å². The molecule has 0 fully saturated rings. The Morgan fingerprint density at radius 1 is 1.36 bits per heavy atom. The summed E-state index contributed by atoms with van der Waals surface area (Å²) in [6.45, 7) is 11.2. The fourth-order valence-corrected chi connectivity index (χ4v) is 0.482. The van der Waals surface area contributed by atoms with Gasteiger partial charge in [-0.2, -0.15) is 0 Å². The molecule has 11 heavy (non-hydrogen) atoms. The van der Waals surface area contributed by atoms with Crippen molar-refractivity contribution in [1.29, 1.82) is 0 Å². The van der Waals surface area contributed by atoms with Crippen molar-refractivity contribution < 1.29 is 4.79 Å². The van der Waals surface area contributed by atoms with Crippen LogP contribution in [0.3, 0.4) is 0 Å². The Kier molecular flexibility index (Phi) is 3.24. The third-order valence-corrected chi connectivity index (χ3v) is 1.42. The van der Waals surface area contributed by atoms with Gasteiger partial charge in [-0.05, 0) is 18.6 Å². The van der Waals surface area contributed by atoms with Crippen molar-refractivity contribution in [2.45, 2.75) is 27.7 Å². The second-order valence-electron chi connectivity index (χ2n) is 3.71. The van der Waals surface area contributed by atoms with Gasteiger partial charge in [-0.1, -0.05) is 33.4 Å². The maximum Gasteiger partial charge on any atom is 0.161 e. The molecular formula is C10H16O. The van der Waals surface area contributed by atoms with Gasteiger partial charge in [0.05, 0.1) is 0 Å². The van der Waals surface area contributed by atoms with E-state index in [0.717, 1.165) is 5.57 Å². The van der Waals surface area contributed by atoms with Gasteiger partial charge in [-0.25, -0.2) is 0 Å². The van der Waals surface area contributed by atoms with E-state index in [1.54, 1.807) is 12.2 Å². The van der Waals surface area contributed by atoms with Gasteiger partial charge in [-0.3, -0.25) is 4.79 Å². The van der Waals surface area contributed by atoms with E-state index in [1.807, 2.05) is 27.7 Å². The summed E-state index contributed by atoms with van der Waals surface area (Å²) in [5.74, 6) is 0.148. The summed E-state index contributed by atoms with van der Waals surface area (Å²) in [6.07, 6.45) is 3.32. The first kappa shape index (κ1) is 10.2. The zero-order valence-corrected chi connectivity index (χ0v) is 7.77. The molecule has 0 amide bonds. The first-order chi connectivity index (χ1) is 4.88. The lowest BCUT2D eigenvalue weighted by Gasteiger charge is -2.13. The van der Waals surface area contributed by atoms with Gasteiger partial charge in [0.15, 0.2) is 5.78 Å². The molecule has 0 aromatic rings. The molecule has 0 heterocycles. The smallest absolute Gasteiger partial charge is 0.161 e. The molecule has 0 rings (SSSR count). The number of ketones is 1. The fraction of sp³-hybridized carbons (Fsp3) is 0.500. The van der Waals surface area contributed by atoms with Gasteiger partial charge >= 0.3 is 0 Å². The highest BCUT2D eigenvalue weighted by molar-refractivity contribution is 5.94. The summed E-state index contributed by atoms with van der Waals surface area (Å²) in [6, 6.07) is 0. The zero-order chi connectivity index (χ0) is 9.07. The number of hydrogen-bond donors (Lipinski definition) is 0. The molecule has 0 bridgehead atoms. The SMILES string of the molecule is C=C/C(C)=C/C(=O)C(C)(C)C. The van der Waals surface area contributed by atoms with Crippen LogP contribution in [0, 0.1) is 5.41 Å². The summed E-state index contributed by atoms with van der Waals surface area (Å²) in [4.78, 5) is 11.3. The maximum atomic E-state index is 11.3. The average Bonchev–Trinajstić information content (AvgIpc) is 1.85. The lowest BCUT2D eigenvalue weighted by Crippen LogP contribution is -2.17. The minimum Gasteiger partial charge on any atom is -0.294 e. The van der Waals surface area contributed by atoms with Crippen LogP contribution in [-0.2, 0) is 4.79 Å². The molecule has 0 aliphatic rings. The van der Waals surface area contributed by atoms with Crippen LogP contribution in [0.15, 0.2) is 24.3 Å². The molecule has 0 atom stereocenters. The van der Waals surface area contributed by atoms with E-state index in [4.69, 9.17) is 0 Å². The Bertz CT molecular complexity index is 191. The molecule has 0 unspecified atom stereocenters. The minimum atomic E-state index is -0.274. The Balaban J connectivity index is 4.42. The van der Waals surface area contributed by atoms with Gasteiger partial charge in [0.2, 0.25) is 0 Å². The topological polar surface area (TPSA) is 17.1 Å². The number of hydrogen-bond acceptors (Lipinski definition) is 1. The van der Waals surface area contributed by atoms with Crippen LogP contribution < -0.4 is 0 Å². The highest BCUT2D eigenvalue weighted by Crippen LogP contribution is 2.16. The second kappa shape index (κ2) is 3.51.